The van der Waals surface area contributed by atoms with Gasteiger partial charge in [-0.1, -0.05) is 35.5 Å². The van der Waals surface area contributed by atoms with Crippen LogP contribution in [0.25, 0.3) is 0 Å². The first-order chi connectivity index (χ1) is 9.81. The molecule has 0 fully saturated rings. The average molecular weight is 310 g/mol. The van der Waals surface area contributed by atoms with Crippen LogP contribution in [0.3, 0.4) is 0 Å². The molecule has 0 amide bonds. The number of rotatable bonds is 3. The normalized spacial score (nSPS) is 11.5. The van der Waals surface area contributed by atoms with Crippen molar-refractivity contribution in [3.8, 4) is 0 Å². The van der Waals surface area contributed by atoms with Gasteiger partial charge in [0.25, 0.3) is 0 Å². The summed E-state index contributed by atoms with van der Waals surface area (Å²) >= 11 is 1.06. The number of hydrogen-bond acceptors (Lipinski definition) is 2. The predicted octanol–water partition coefficient (Wildman–Crippen LogP) is 5.29. The first-order valence-electron chi connectivity index (χ1n) is 6.23. The third-order valence-electron chi connectivity index (χ3n) is 3.00. The van der Waals surface area contributed by atoms with Gasteiger partial charge in [0.2, 0.25) is 0 Å². The van der Waals surface area contributed by atoms with Gasteiger partial charge in [0, 0.05) is 15.4 Å². The van der Waals surface area contributed by atoms with E-state index in [0.717, 1.165) is 33.9 Å². The third-order valence-corrected chi connectivity index (χ3v) is 4.25. The molecule has 2 aromatic rings. The van der Waals surface area contributed by atoms with Gasteiger partial charge in [-0.2, -0.15) is 13.2 Å². The Bertz CT molecular complexity index is 678. The number of carbonyl (C=O) groups is 1. The molecule has 5 heteroatoms. The monoisotopic (exact) mass is 310 g/mol. The third kappa shape index (κ3) is 3.67. The van der Waals surface area contributed by atoms with E-state index in [-0.39, 0.29) is 10.5 Å². The SMILES string of the molecule is Cc1ccc(Sc2ccc(C=O)cc2C(F)(F)F)c(C)c1. The zero-order valence-corrected chi connectivity index (χ0v) is 12.3. The summed E-state index contributed by atoms with van der Waals surface area (Å²) < 4.78 is 39.3. The molecule has 0 spiro atoms. The fourth-order valence-electron chi connectivity index (χ4n) is 1.96. The molecule has 0 bridgehead atoms. The van der Waals surface area contributed by atoms with Crippen molar-refractivity contribution in [1.29, 1.82) is 0 Å². The van der Waals surface area contributed by atoms with E-state index in [1.165, 1.54) is 12.1 Å². The van der Waals surface area contributed by atoms with Gasteiger partial charge in [-0.3, -0.25) is 4.79 Å². The zero-order chi connectivity index (χ0) is 15.6. The van der Waals surface area contributed by atoms with Crippen LogP contribution in [0.2, 0.25) is 0 Å². The van der Waals surface area contributed by atoms with Crippen LogP contribution in [0.15, 0.2) is 46.2 Å². The van der Waals surface area contributed by atoms with E-state index in [1.54, 1.807) is 0 Å². The van der Waals surface area contributed by atoms with Crippen LogP contribution in [0.4, 0.5) is 13.2 Å². The Kier molecular flexibility index (Phi) is 4.42. The van der Waals surface area contributed by atoms with Crippen LogP contribution < -0.4 is 0 Å². The van der Waals surface area contributed by atoms with E-state index >= 15 is 0 Å². The Morgan fingerprint density at radius 2 is 1.67 bits per heavy atom. The summed E-state index contributed by atoms with van der Waals surface area (Å²) in [6.45, 7) is 3.80. The number of aryl methyl sites for hydroxylation is 2. The highest BCUT2D eigenvalue weighted by Gasteiger charge is 2.34. The molecular weight excluding hydrogens is 297 g/mol. The molecule has 0 aliphatic rings. The second kappa shape index (κ2) is 5.93. The van der Waals surface area contributed by atoms with E-state index in [9.17, 15) is 18.0 Å². The number of benzene rings is 2. The molecule has 0 radical (unpaired) electrons. The van der Waals surface area contributed by atoms with Crippen molar-refractivity contribution in [3.05, 3.63) is 58.7 Å². The standard InChI is InChI=1S/C16H13F3OS/c1-10-3-5-14(11(2)7-10)21-15-6-4-12(9-20)8-13(15)16(17,18)19/h3-9H,1-2H3. The summed E-state index contributed by atoms with van der Waals surface area (Å²) in [5, 5.41) is 0. The van der Waals surface area contributed by atoms with Gasteiger partial charge in [-0.25, -0.2) is 0 Å². The van der Waals surface area contributed by atoms with E-state index in [2.05, 4.69) is 0 Å². The number of halogens is 3. The molecular formula is C16H13F3OS. The number of carbonyl (C=O) groups excluding carboxylic acids is 1. The van der Waals surface area contributed by atoms with Crippen molar-refractivity contribution < 1.29 is 18.0 Å². The molecule has 0 atom stereocenters. The molecule has 2 rings (SSSR count). The highest BCUT2D eigenvalue weighted by Crippen LogP contribution is 2.40. The molecule has 0 unspecified atom stereocenters. The summed E-state index contributed by atoms with van der Waals surface area (Å²) in [5.74, 6) is 0. The van der Waals surface area contributed by atoms with Gasteiger partial charge in [-0.05, 0) is 37.6 Å². The lowest BCUT2D eigenvalue weighted by Gasteiger charge is -2.14. The molecule has 0 saturated carbocycles. The topological polar surface area (TPSA) is 17.1 Å². The minimum Gasteiger partial charge on any atom is -0.298 e. The number of aldehydes is 1. The number of hydrogen-bond donors (Lipinski definition) is 0. The van der Waals surface area contributed by atoms with Crippen LogP contribution in [-0.4, -0.2) is 6.29 Å². The Hall–Kier alpha value is -1.75. The molecule has 0 heterocycles. The highest BCUT2D eigenvalue weighted by molar-refractivity contribution is 7.99. The van der Waals surface area contributed by atoms with Crippen molar-refractivity contribution >= 4 is 18.0 Å². The summed E-state index contributed by atoms with van der Waals surface area (Å²) in [6.07, 6.45) is -4.07. The first-order valence-corrected chi connectivity index (χ1v) is 7.04. The van der Waals surface area contributed by atoms with E-state index in [0.29, 0.717) is 6.29 Å². The maximum absolute atomic E-state index is 13.1. The smallest absolute Gasteiger partial charge is 0.298 e. The van der Waals surface area contributed by atoms with E-state index in [1.807, 2.05) is 32.0 Å². The predicted molar refractivity (Wildman–Crippen MR) is 76.9 cm³/mol. The lowest BCUT2D eigenvalue weighted by molar-refractivity contribution is -0.139. The maximum Gasteiger partial charge on any atom is 0.417 e. The highest BCUT2D eigenvalue weighted by atomic mass is 32.2. The molecule has 0 N–H and O–H groups in total. The van der Waals surface area contributed by atoms with Gasteiger partial charge in [-0.15, -0.1) is 0 Å². The Labute approximate surface area is 125 Å². The summed E-state index contributed by atoms with van der Waals surface area (Å²) in [6, 6.07) is 9.23. The Morgan fingerprint density at radius 3 is 2.24 bits per heavy atom. The number of alkyl halides is 3. The average Bonchev–Trinajstić information content (AvgIpc) is 2.41. The molecule has 0 aromatic heterocycles. The lowest BCUT2D eigenvalue weighted by Crippen LogP contribution is -2.07. The Morgan fingerprint density at radius 1 is 1.00 bits per heavy atom. The Balaban J connectivity index is 2.46. The molecule has 110 valence electrons. The van der Waals surface area contributed by atoms with Crippen molar-refractivity contribution in [2.45, 2.75) is 29.8 Å². The summed E-state index contributed by atoms with van der Waals surface area (Å²) in [4.78, 5) is 11.5. The largest absolute Gasteiger partial charge is 0.417 e. The van der Waals surface area contributed by atoms with Crippen LogP contribution >= 0.6 is 11.8 Å². The van der Waals surface area contributed by atoms with E-state index < -0.39 is 11.7 Å². The summed E-state index contributed by atoms with van der Waals surface area (Å²) in [5.41, 5.74) is 1.22. The van der Waals surface area contributed by atoms with E-state index in [4.69, 9.17) is 0 Å². The van der Waals surface area contributed by atoms with Gasteiger partial charge in [0.1, 0.15) is 6.29 Å². The van der Waals surface area contributed by atoms with Crippen LogP contribution in [-0.2, 0) is 6.18 Å². The van der Waals surface area contributed by atoms with Crippen molar-refractivity contribution in [2.75, 3.05) is 0 Å². The van der Waals surface area contributed by atoms with Crippen molar-refractivity contribution in [1.82, 2.24) is 0 Å². The fraction of sp³-hybridized carbons (Fsp3) is 0.188. The first kappa shape index (κ1) is 15.6. The minimum absolute atomic E-state index is 0.0207. The molecule has 21 heavy (non-hydrogen) atoms. The maximum atomic E-state index is 13.1. The van der Waals surface area contributed by atoms with Crippen LogP contribution in [0, 0.1) is 13.8 Å². The second-order valence-electron chi connectivity index (χ2n) is 4.74. The van der Waals surface area contributed by atoms with Gasteiger partial charge >= 0.3 is 6.18 Å². The second-order valence-corrected chi connectivity index (χ2v) is 5.83. The molecule has 1 nitrogen and oxygen atoms in total. The minimum atomic E-state index is -4.49. The molecule has 0 aliphatic carbocycles. The van der Waals surface area contributed by atoms with Crippen molar-refractivity contribution in [2.24, 2.45) is 0 Å². The van der Waals surface area contributed by atoms with Crippen LogP contribution in [0.1, 0.15) is 27.0 Å². The van der Waals surface area contributed by atoms with Gasteiger partial charge in [0.15, 0.2) is 0 Å². The molecule has 0 aliphatic heterocycles. The summed E-state index contributed by atoms with van der Waals surface area (Å²) in [7, 11) is 0. The molecule has 2 aromatic carbocycles. The van der Waals surface area contributed by atoms with Crippen LogP contribution in [0.5, 0.6) is 0 Å². The van der Waals surface area contributed by atoms with Crippen molar-refractivity contribution in [3.63, 3.8) is 0 Å². The molecule has 0 saturated heterocycles. The van der Waals surface area contributed by atoms with Gasteiger partial charge < -0.3 is 0 Å². The lowest BCUT2D eigenvalue weighted by atomic mass is 10.1. The zero-order valence-electron chi connectivity index (χ0n) is 11.5. The quantitative estimate of drug-likeness (QED) is 0.717. The fourth-order valence-corrected chi connectivity index (χ4v) is 2.98. The van der Waals surface area contributed by atoms with Gasteiger partial charge in [0.05, 0.1) is 5.56 Å².